The summed E-state index contributed by atoms with van der Waals surface area (Å²) in [6.07, 6.45) is -0.535. The number of nitrogens with zero attached hydrogens (tertiary/aromatic N) is 2. The molecule has 18 heavy (non-hydrogen) atoms. The highest BCUT2D eigenvalue weighted by molar-refractivity contribution is 5.51. The molecular formula is C13H17N3O2. The molecule has 0 spiro atoms. The molecule has 0 aliphatic rings. The Morgan fingerprint density at radius 3 is 2.67 bits per heavy atom. The van der Waals surface area contributed by atoms with Gasteiger partial charge in [0, 0.05) is 0 Å². The number of aliphatic hydroxyl groups is 1. The summed E-state index contributed by atoms with van der Waals surface area (Å²) in [5, 5.41) is 13.5. The van der Waals surface area contributed by atoms with Gasteiger partial charge in [-0.3, -0.25) is 0 Å². The van der Waals surface area contributed by atoms with Gasteiger partial charge >= 0.3 is 0 Å². The van der Waals surface area contributed by atoms with Crippen LogP contribution in [-0.4, -0.2) is 27.6 Å². The van der Waals surface area contributed by atoms with Gasteiger partial charge in [-0.05, 0) is 26.0 Å². The maximum Gasteiger partial charge on any atom is 0.238 e. The van der Waals surface area contributed by atoms with E-state index in [0.29, 0.717) is 11.7 Å². The maximum atomic E-state index is 9.21. The lowest BCUT2D eigenvalue weighted by Crippen LogP contribution is -2.13. The molecule has 1 aromatic carbocycles. The van der Waals surface area contributed by atoms with E-state index in [1.165, 1.54) is 0 Å². The minimum absolute atomic E-state index is 0.200. The third-order valence-electron chi connectivity index (χ3n) is 2.59. The van der Waals surface area contributed by atoms with Crippen LogP contribution >= 0.6 is 0 Å². The van der Waals surface area contributed by atoms with Crippen LogP contribution in [0.3, 0.4) is 0 Å². The molecular weight excluding hydrogens is 230 g/mol. The van der Waals surface area contributed by atoms with Crippen LogP contribution in [0.1, 0.15) is 12.5 Å². The number of hydrogen-bond acceptors (Lipinski definition) is 4. The van der Waals surface area contributed by atoms with Gasteiger partial charge in [0.15, 0.2) is 0 Å². The molecule has 0 fully saturated rings. The molecule has 0 saturated carbocycles. The number of hydrogen-bond donors (Lipinski definition) is 2. The normalized spacial score (nSPS) is 12.4. The number of para-hydroxylation sites is 1. The first-order valence-electron chi connectivity index (χ1n) is 5.81. The monoisotopic (exact) mass is 247 g/mol. The summed E-state index contributed by atoms with van der Waals surface area (Å²) in [6.45, 7) is 3.71. The molecule has 1 heterocycles. The Morgan fingerprint density at radius 1 is 1.39 bits per heavy atom. The first-order valence-corrected chi connectivity index (χ1v) is 5.81. The maximum absolute atomic E-state index is 9.21. The summed E-state index contributed by atoms with van der Waals surface area (Å²) < 4.78 is 7.05. The lowest BCUT2D eigenvalue weighted by molar-refractivity contribution is 0.119. The molecule has 0 radical (unpaired) electrons. The largest absolute Gasteiger partial charge is 0.474 e. The van der Waals surface area contributed by atoms with Crippen molar-refractivity contribution in [1.29, 1.82) is 0 Å². The van der Waals surface area contributed by atoms with Crippen molar-refractivity contribution in [2.45, 2.75) is 20.0 Å². The van der Waals surface area contributed by atoms with Gasteiger partial charge in [-0.25, -0.2) is 4.68 Å². The summed E-state index contributed by atoms with van der Waals surface area (Å²) in [5.41, 5.74) is 7.66. The minimum atomic E-state index is -0.535. The van der Waals surface area contributed by atoms with E-state index in [2.05, 4.69) is 5.10 Å². The Bertz CT molecular complexity index is 521. The van der Waals surface area contributed by atoms with E-state index in [-0.39, 0.29) is 6.61 Å². The predicted octanol–water partition coefficient (Wildman–Crippen LogP) is 1.52. The Balaban J connectivity index is 2.31. The molecule has 1 atom stereocenters. The fourth-order valence-electron chi connectivity index (χ4n) is 1.59. The zero-order chi connectivity index (χ0) is 13.1. The van der Waals surface area contributed by atoms with Crippen molar-refractivity contribution < 1.29 is 9.84 Å². The van der Waals surface area contributed by atoms with Gasteiger partial charge in [-0.1, -0.05) is 18.2 Å². The van der Waals surface area contributed by atoms with Crippen LogP contribution in [0.4, 0.5) is 5.82 Å². The first kappa shape index (κ1) is 12.4. The third kappa shape index (κ3) is 2.46. The van der Waals surface area contributed by atoms with E-state index < -0.39 is 6.10 Å². The Kier molecular flexibility index (Phi) is 3.53. The van der Waals surface area contributed by atoms with Crippen LogP contribution in [0.15, 0.2) is 30.3 Å². The summed E-state index contributed by atoms with van der Waals surface area (Å²) in [6, 6.07) is 9.60. The topological polar surface area (TPSA) is 73.3 Å². The van der Waals surface area contributed by atoms with Crippen LogP contribution in [0.2, 0.25) is 0 Å². The second-order valence-electron chi connectivity index (χ2n) is 4.22. The van der Waals surface area contributed by atoms with E-state index in [1.807, 2.05) is 37.3 Å². The second kappa shape index (κ2) is 5.10. The molecule has 96 valence electrons. The summed E-state index contributed by atoms with van der Waals surface area (Å²) >= 11 is 0. The fourth-order valence-corrected chi connectivity index (χ4v) is 1.59. The Morgan fingerprint density at radius 2 is 2.06 bits per heavy atom. The van der Waals surface area contributed by atoms with E-state index >= 15 is 0 Å². The zero-order valence-corrected chi connectivity index (χ0v) is 10.5. The first-order chi connectivity index (χ1) is 8.59. The molecule has 0 saturated heterocycles. The van der Waals surface area contributed by atoms with E-state index in [1.54, 1.807) is 11.6 Å². The van der Waals surface area contributed by atoms with Gasteiger partial charge in [-0.2, -0.15) is 0 Å². The predicted molar refractivity (Wildman–Crippen MR) is 69.9 cm³/mol. The number of aromatic nitrogens is 2. The number of rotatable bonds is 4. The molecule has 0 amide bonds. The van der Waals surface area contributed by atoms with Crippen molar-refractivity contribution in [2.24, 2.45) is 0 Å². The van der Waals surface area contributed by atoms with Gasteiger partial charge in [0.05, 0.1) is 17.4 Å². The average Bonchev–Trinajstić information content (AvgIpc) is 2.65. The quantitative estimate of drug-likeness (QED) is 0.859. The van der Waals surface area contributed by atoms with Crippen LogP contribution in [0.5, 0.6) is 5.88 Å². The van der Waals surface area contributed by atoms with Crippen LogP contribution in [0.25, 0.3) is 5.69 Å². The number of ether oxygens (including phenoxy) is 1. The number of benzene rings is 1. The average molecular weight is 247 g/mol. The van der Waals surface area contributed by atoms with E-state index in [9.17, 15) is 5.11 Å². The Hall–Kier alpha value is -2.01. The van der Waals surface area contributed by atoms with Crippen molar-refractivity contribution in [3.63, 3.8) is 0 Å². The highest BCUT2D eigenvalue weighted by Gasteiger charge is 2.14. The lowest BCUT2D eigenvalue weighted by Gasteiger charge is -2.05. The number of aliphatic hydroxyl groups excluding tert-OH is 1. The molecule has 1 aromatic heterocycles. The molecule has 3 N–H and O–H groups in total. The van der Waals surface area contributed by atoms with Crippen molar-refractivity contribution in [3.05, 3.63) is 35.9 Å². The Labute approximate surface area is 106 Å². The lowest BCUT2D eigenvalue weighted by atomic mass is 10.3. The molecule has 0 aliphatic carbocycles. The molecule has 2 aromatic rings. The zero-order valence-electron chi connectivity index (χ0n) is 10.5. The highest BCUT2D eigenvalue weighted by Crippen LogP contribution is 2.25. The van der Waals surface area contributed by atoms with Crippen molar-refractivity contribution in [2.75, 3.05) is 12.3 Å². The second-order valence-corrected chi connectivity index (χ2v) is 4.22. The highest BCUT2D eigenvalue weighted by atomic mass is 16.5. The summed E-state index contributed by atoms with van der Waals surface area (Å²) in [7, 11) is 0. The fraction of sp³-hybridized carbons (Fsp3) is 0.308. The molecule has 5 heteroatoms. The molecule has 2 rings (SSSR count). The van der Waals surface area contributed by atoms with Crippen LogP contribution in [-0.2, 0) is 0 Å². The third-order valence-corrected chi connectivity index (χ3v) is 2.59. The van der Waals surface area contributed by atoms with Gasteiger partial charge in [0.25, 0.3) is 0 Å². The van der Waals surface area contributed by atoms with Gasteiger partial charge in [-0.15, -0.1) is 5.10 Å². The molecule has 5 nitrogen and oxygen atoms in total. The van der Waals surface area contributed by atoms with Crippen LogP contribution < -0.4 is 10.5 Å². The SMILES string of the molecule is Cc1c(OCC(C)O)nn(-c2ccccc2)c1N. The number of nitrogen functional groups attached to an aromatic ring is 1. The molecule has 1 unspecified atom stereocenters. The smallest absolute Gasteiger partial charge is 0.238 e. The number of anilines is 1. The van der Waals surface area contributed by atoms with Crippen molar-refractivity contribution >= 4 is 5.82 Å². The van der Waals surface area contributed by atoms with E-state index in [4.69, 9.17) is 10.5 Å². The molecule has 0 aliphatic heterocycles. The minimum Gasteiger partial charge on any atom is -0.474 e. The molecule has 0 bridgehead atoms. The number of nitrogens with two attached hydrogens (primary N) is 1. The standard InChI is InChI=1S/C13H17N3O2/c1-9(17)8-18-13-10(2)12(14)16(15-13)11-6-4-3-5-7-11/h3-7,9,17H,8,14H2,1-2H3. The van der Waals surface area contributed by atoms with Gasteiger partial charge in [0.2, 0.25) is 5.88 Å². The summed E-state index contributed by atoms with van der Waals surface area (Å²) in [4.78, 5) is 0. The van der Waals surface area contributed by atoms with Crippen LogP contribution in [0, 0.1) is 6.92 Å². The van der Waals surface area contributed by atoms with Crippen molar-refractivity contribution in [1.82, 2.24) is 9.78 Å². The summed E-state index contributed by atoms with van der Waals surface area (Å²) in [5.74, 6) is 0.999. The van der Waals surface area contributed by atoms with Crippen molar-refractivity contribution in [3.8, 4) is 11.6 Å². The van der Waals surface area contributed by atoms with Gasteiger partial charge in [0.1, 0.15) is 12.4 Å². The van der Waals surface area contributed by atoms with E-state index in [0.717, 1.165) is 11.3 Å². The van der Waals surface area contributed by atoms with Gasteiger partial charge < -0.3 is 15.6 Å².